The van der Waals surface area contributed by atoms with Gasteiger partial charge in [0, 0.05) is 29.4 Å². The maximum Gasteiger partial charge on any atom is 0.110 e. The van der Waals surface area contributed by atoms with Crippen LogP contribution in [-0.4, -0.2) is 28.0 Å². The SMILES string of the molecule is C=C/C=C(\C=C/C)c1nc(C2CCNCC2)[nH]c1-c1ccncc1.CC.CC. The molecule has 1 fully saturated rings. The lowest BCUT2D eigenvalue weighted by Gasteiger charge is -2.20. The largest absolute Gasteiger partial charge is 0.341 e. The standard InChI is InChI=1S/C20H24N4.2C2H6/c1-3-5-15(6-4-2)18-19(16-7-11-21-12-8-16)24-20(23-18)17-9-13-22-14-10-17;2*1-2/h3-8,11-12,17,22H,1,9-10,13-14H2,2H3,(H,23,24);2*1-2H3/b6-4-,15-5+;;. The zero-order valence-electron chi connectivity index (χ0n) is 18.1. The number of pyridine rings is 1. The third-order valence-electron chi connectivity index (χ3n) is 4.33. The molecular weight excluding hydrogens is 344 g/mol. The summed E-state index contributed by atoms with van der Waals surface area (Å²) in [6, 6.07) is 4.04. The van der Waals surface area contributed by atoms with Crippen molar-refractivity contribution < 1.29 is 0 Å². The van der Waals surface area contributed by atoms with Crippen LogP contribution >= 0.6 is 0 Å². The van der Waals surface area contributed by atoms with E-state index in [-0.39, 0.29) is 0 Å². The smallest absolute Gasteiger partial charge is 0.110 e. The predicted octanol–water partition coefficient (Wildman–Crippen LogP) is 6.14. The molecule has 28 heavy (non-hydrogen) atoms. The topological polar surface area (TPSA) is 53.6 Å². The number of allylic oxidation sites excluding steroid dienone is 5. The Hall–Kier alpha value is -2.46. The second-order valence-corrected chi connectivity index (χ2v) is 5.96. The van der Waals surface area contributed by atoms with Crippen LogP contribution in [0.2, 0.25) is 0 Å². The Bertz CT molecular complexity index is 735. The molecule has 0 saturated carbocycles. The zero-order chi connectivity index (χ0) is 20.8. The molecule has 0 aliphatic carbocycles. The summed E-state index contributed by atoms with van der Waals surface area (Å²) in [7, 11) is 0. The molecule has 2 aromatic rings. The lowest BCUT2D eigenvalue weighted by Crippen LogP contribution is -2.27. The summed E-state index contributed by atoms with van der Waals surface area (Å²) in [5.74, 6) is 1.56. The van der Waals surface area contributed by atoms with Gasteiger partial charge in [0.25, 0.3) is 0 Å². The van der Waals surface area contributed by atoms with E-state index in [0.29, 0.717) is 5.92 Å². The van der Waals surface area contributed by atoms with E-state index < -0.39 is 0 Å². The fraction of sp³-hybridized carbons (Fsp3) is 0.417. The van der Waals surface area contributed by atoms with Gasteiger partial charge < -0.3 is 10.3 Å². The number of hydrogen-bond acceptors (Lipinski definition) is 3. The van der Waals surface area contributed by atoms with Gasteiger partial charge in [0.1, 0.15) is 5.82 Å². The highest BCUT2D eigenvalue weighted by Gasteiger charge is 2.22. The van der Waals surface area contributed by atoms with Gasteiger partial charge in [0.2, 0.25) is 0 Å². The summed E-state index contributed by atoms with van der Waals surface area (Å²) in [6.07, 6.45) is 13.8. The van der Waals surface area contributed by atoms with Crippen LogP contribution in [0.5, 0.6) is 0 Å². The number of aromatic amines is 1. The lowest BCUT2D eigenvalue weighted by molar-refractivity contribution is 0.447. The van der Waals surface area contributed by atoms with Gasteiger partial charge in [-0.1, -0.05) is 58.6 Å². The molecule has 0 atom stereocenters. The third-order valence-corrected chi connectivity index (χ3v) is 4.33. The van der Waals surface area contributed by atoms with Gasteiger partial charge in [-0.25, -0.2) is 4.98 Å². The second-order valence-electron chi connectivity index (χ2n) is 5.96. The van der Waals surface area contributed by atoms with Crippen molar-refractivity contribution in [2.75, 3.05) is 13.1 Å². The van der Waals surface area contributed by atoms with Gasteiger partial charge >= 0.3 is 0 Å². The normalized spacial score (nSPS) is 14.7. The van der Waals surface area contributed by atoms with Crippen molar-refractivity contribution in [1.29, 1.82) is 0 Å². The van der Waals surface area contributed by atoms with E-state index in [9.17, 15) is 0 Å². The van der Waals surface area contributed by atoms with Crippen molar-refractivity contribution in [2.45, 2.75) is 53.4 Å². The first-order valence-electron chi connectivity index (χ1n) is 10.5. The first-order valence-corrected chi connectivity index (χ1v) is 10.5. The van der Waals surface area contributed by atoms with E-state index in [0.717, 1.165) is 54.3 Å². The molecule has 1 saturated heterocycles. The van der Waals surface area contributed by atoms with Crippen LogP contribution in [0.3, 0.4) is 0 Å². The maximum atomic E-state index is 4.98. The van der Waals surface area contributed by atoms with Crippen molar-refractivity contribution >= 4 is 5.57 Å². The van der Waals surface area contributed by atoms with E-state index in [1.807, 2.05) is 77.4 Å². The number of nitrogens with zero attached hydrogens (tertiary/aromatic N) is 2. The quantitative estimate of drug-likeness (QED) is 0.613. The van der Waals surface area contributed by atoms with Crippen LogP contribution in [0.15, 0.2) is 55.4 Å². The molecule has 1 aliphatic heterocycles. The minimum Gasteiger partial charge on any atom is -0.341 e. The van der Waals surface area contributed by atoms with Crippen LogP contribution in [0.4, 0.5) is 0 Å². The lowest BCUT2D eigenvalue weighted by atomic mass is 9.98. The number of nitrogens with one attached hydrogen (secondary N) is 2. The molecular formula is C24H36N4. The molecule has 152 valence electrons. The molecule has 3 rings (SSSR count). The molecule has 0 bridgehead atoms. The monoisotopic (exact) mass is 380 g/mol. The number of piperidine rings is 1. The van der Waals surface area contributed by atoms with Gasteiger partial charge in [0.15, 0.2) is 0 Å². The number of rotatable bonds is 5. The first kappa shape index (κ1) is 23.6. The Balaban J connectivity index is 0.000000921. The number of aromatic nitrogens is 3. The minimum atomic E-state index is 0.483. The Labute approximate surface area is 170 Å². The Morgan fingerprint density at radius 3 is 2.32 bits per heavy atom. The number of H-pyrrole nitrogens is 1. The Kier molecular flexibility index (Phi) is 11.5. The molecule has 0 radical (unpaired) electrons. The second kappa shape index (κ2) is 13.7. The average Bonchev–Trinajstić information content (AvgIpc) is 3.23. The van der Waals surface area contributed by atoms with E-state index in [2.05, 4.69) is 27.9 Å². The van der Waals surface area contributed by atoms with Crippen LogP contribution in [0.25, 0.3) is 16.8 Å². The fourth-order valence-electron chi connectivity index (χ4n) is 3.14. The first-order chi connectivity index (χ1) is 13.8. The maximum absolute atomic E-state index is 4.98. The average molecular weight is 381 g/mol. The van der Waals surface area contributed by atoms with Crippen LogP contribution < -0.4 is 5.32 Å². The van der Waals surface area contributed by atoms with Crippen molar-refractivity contribution in [3.63, 3.8) is 0 Å². The molecule has 0 spiro atoms. The van der Waals surface area contributed by atoms with E-state index in [4.69, 9.17) is 4.98 Å². The Morgan fingerprint density at radius 1 is 1.11 bits per heavy atom. The highest BCUT2D eigenvalue weighted by atomic mass is 15.0. The molecule has 0 amide bonds. The van der Waals surface area contributed by atoms with Gasteiger partial charge in [-0.2, -0.15) is 0 Å². The molecule has 4 nitrogen and oxygen atoms in total. The van der Waals surface area contributed by atoms with Crippen LogP contribution in [0, 0.1) is 0 Å². The van der Waals surface area contributed by atoms with Gasteiger partial charge in [-0.15, -0.1) is 0 Å². The summed E-state index contributed by atoms with van der Waals surface area (Å²) >= 11 is 0. The van der Waals surface area contributed by atoms with Gasteiger partial charge in [0.05, 0.1) is 11.4 Å². The summed E-state index contributed by atoms with van der Waals surface area (Å²) < 4.78 is 0. The molecule has 0 unspecified atom stereocenters. The molecule has 4 heteroatoms. The summed E-state index contributed by atoms with van der Waals surface area (Å²) in [5, 5.41) is 3.42. The summed E-state index contributed by atoms with van der Waals surface area (Å²) in [6.45, 7) is 16.0. The molecule has 0 aromatic carbocycles. The van der Waals surface area contributed by atoms with E-state index in [1.54, 1.807) is 0 Å². The Morgan fingerprint density at radius 2 is 1.75 bits per heavy atom. The van der Waals surface area contributed by atoms with E-state index >= 15 is 0 Å². The predicted molar refractivity (Wildman–Crippen MR) is 122 cm³/mol. The van der Waals surface area contributed by atoms with Crippen molar-refractivity contribution in [2.24, 2.45) is 0 Å². The van der Waals surface area contributed by atoms with Crippen molar-refractivity contribution in [3.05, 3.63) is 66.9 Å². The van der Waals surface area contributed by atoms with Crippen LogP contribution in [-0.2, 0) is 0 Å². The third kappa shape index (κ3) is 6.31. The van der Waals surface area contributed by atoms with Crippen molar-refractivity contribution in [3.8, 4) is 11.3 Å². The molecule has 1 aliphatic rings. The van der Waals surface area contributed by atoms with Gasteiger partial charge in [-0.05, 0) is 45.0 Å². The molecule has 2 N–H and O–H groups in total. The highest BCUT2D eigenvalue weighted by molar-refractivity contribution is 5.82. The molecule has 2 aromatic heterocycles. The number of imidazole rings is 1. The van der Waals surface area contributed by atoms with Gasteiger partial charge in [-0.3, -0.25) is 4.98 Å². The zero-order valence-corrected chi connectivity index (χ0v) is 18.1. The van der Waals surface area contributed by atoms with E-state index in [1.165, 1.54) is 0 Å². The number of hydrogen-bond donors (Lipinski definition) is 2. The fourth-order valence-corrected chi connectivity index (χ4v) is 3.14. The summed E-state index contributed by atoms with van der Waals surface area (Å²) in [5.41, 5.74) is 4.20. The van der Waals surface area contributed by atoms with Crippen molar-refractivity contribution in [1.82, 2.24) is 20.3 Å². The molecule has 3 heterocycles. The highest BCUT2D eigenvalue weighted by Crippen LogP contribution is 2.32. The summed E-state index contributed by atoms with van der Waals surface area (Å²) in [4.78, 5) is 12.7. The van der Waals surface area contributed by atoms with Crippen LogP contribution in [0.1, 0.15) is 64.9 Å². The minimum absolute atomic E-state index is 0.483.